The van der Waals surface area contributed by atoms with Crippen molar-refractivity contribution in [1.29, 1.82) is 0 Å². The van der Waals surface area contributed by atoms with Crippen LogP contribution in [0.2, 0.25) is 0 Å². The lowest BCUT2D eigenvalue weighted by Gasteiger charge is -2.16. The zero-order valence-electron chi connectivity index (χ0n) is 10.9. The number of carbonyl (C=O) groups excluding carboxylic acids is 1. The number of hydrogen-bond acceptors (Lipinski definition) is 5. The third-order valence-electron chi connectivity index (χ3n) is 3.67. The minimum absolute atomic E-state index is 0.252. The molecule has 0 bridgehead atoms. The summed E-state index contributed by atoms with van der Waals surface area (Å²) in [5.41, 5.74) is 1.56. The highest BCUT2D eigenvalue weighted by molar-refractivity contribution is 6.03. The van der Waals surface area contributed by atoms with E-state index >= 15 is 0 Å². The van der Waals surface area contributed by atoms with Crippen LogP contribution in [-0.4, -0.2) is 27.4 Å². The van der Waals surface area contributed by atoms with Crippen molar-refractivity contribution in [2.24, 2.45) is 0 Å². The van der Waals surface area contributed by atoms with Crippen molar-refractivity contribution in [3.05, 3.63) is 23.7 Å². The Hall–Kier alpha value is -2.31. The van der Waals surface area contributed by atoms with E-state index in [1.165, 1.54) is 0 Å². The Morgan fingerprint density at radius 3 is 3.25 bits per heavy atom. The number of carbonyl (C=O) groups is 1. The lowest BCUT2D eigenvalue weighted by Crippen LogP contribution is -2.19. The van der Waals surface area contributed by atoms with Crippen LogP contribution in [0, 0.1) is 0 Å². The van der Waals surface area contributed by atoms with Gasteiger partial charge < -0.3 is 15.2 Å². The molecule has 0 spiro atoms. The summed E-state index contributed by atoms with van der Waals surface area (Å²) < 4.78 is 6.97. The van der Waals surface area contributed by atoms with Gasteiger partial charge in [-0.05, 0) is 19.3 Å². The Kier molecular flexibility index (Phi) is 2.51. The minimum atomic E-state index is -0.285. The zero-order valence-corrected chi connectivity index (χ0v) is 10.9. The van der Waals surface area contributed by atoms with E-state index in [1.54, 1.807) is 12.3 Å². The molecule has 7 nitrogen and oxygen atoms in total. The van der Waals surface area contributed by atoms with Crippen LogP contribution in [0.1, 0.15) is 41.4 Å². The van der Waals surface area contributed by atoms with Crippen LogP contribution >= 0.6 is 0 Å². The van der Waals surface area contributed by atoms with Crippen LogP contribution in [0.5, 0.6) is 0 Å². The molecule has 2 aromatic heterocycles. The fourth-order valence-electron chi connectivity index (χ4n) is 2.42. The van der Waals surface area contributed by atoms with E-state index in [9.17, 15) is 4.79 Å². The van der Waals surface area contributed by atoms with Gasteiger partial charge in [0.15, 0.2) is 0 Å². The normalized spacial score (nSPS) is 17.4. The molecule has 0 atom stereocenters. The second-order valence-electron chi connectivity index (χ2n) is 5.25. The van der Waals surface area contributed by atoms with Gasteiger partial charge in [-0.25, -0.2) is 4.68 Å². The average molecular weight is 273 g/mol. The Labute approximate surface area is 115 Å². The van der Waals surface area contributed by atoms with Gasteiger partial charge in [-0.3, -0.25) is 4.79 Å². The summed E-state index contributed by atoms with van der Waals surface area (Å²) in [6.07, 6.45) is 4.96. The summed E-state index contributed by atoms with van der Waals surface area (Å²) >= 11 is 0. The molecule has 7 heteroatoms. The van der Waals surface area contributed by atoms with Gasteiger partial charge in [-0.1, -0.05) is 5.16 Å². The third-order valence-corrected chi connectivity index (χ3v) is 3.67. The van der Waals surface area contributed by atoms with Gasteiger partial charge in [0.25, 0.3) is 5.91 Å². The van der Waals surface area contributed by atoms with Crippen LogP contribution in [0.3, 0.4) is 0 Å². The van der Waals surface area contributed by atoms with E-state index in [2.05, 4.69) is 20.9 Å². The average Bonchev–Trinajstić information content (AvgIpc) is 3.06. The molecule has 4 rings (SSSR count). The number of aromatic nitrogens is 3. The van der Waals surface area contributed by atoms with Crippen molar-refractivity contribution in [1.82, 2.24) is 14.9 Å². The number of fused-ring (bicyclic) bond motifs is 1. The maximum absolute atomic E-state index is 12.1. The summed E-state index contributed by atoms with van der Waals surface area (Å²) in [7, 11) is 0. The summed E-state index contributed by atoms with van der Waals surface area (Å²) in [6.45, 7) is 1.76. The molecule has 1 fully saturated rings. The van der Waals surface area contributed by atoms with Crippen molar-refractivity contribution >= 4 is 17.4 Å². The second-order valence-corrected chi connectivity index (χ2v) is 5.25. The quantitative estimate of drug-likeness (QED) is 0.891. The van der Waals surface area contributed by atoms with E-state index in [0.29, 0.717) is 11.6 Å². The van der Waals surface area contributed by atoms with Gasteiger partial charge in [0.2, 0.25) is 5.76 Å². The van der Waals surface area contributed by atoms with Crippen molar-refractivity contribution in [3.63, 3.8) is 0 Å². The summed E-state index contributed by atoms with van der Waals surface area (Å²) in [5, 5.41) is 14.2. The number of nitrogens with one attached hydrogen (secondary N) is 2. The first-order valence-electron chi connectivity index (χ1n) is 6.89. The molecule has 1 aliphatic heterocycles. The number of amides is 1. The molecule has 0 aromatic carbocycles. The maximum Gasteiger partial charge on any atom is 0.294 e. The molecule has 2 aliphatic rings. The number of hydrogen-bond donors (Lipinski definition) is 2. The molecule has 2 N–H and O–H groups in total. The third kappa shape index (κ3) is 1.95. The van der Waals surface area contributed by atoms with Crippen LogP contribution < -0.4 is 10.6 Å². The van der Waals surface area contributed by atoms with Gasteiger partial charge >= 0.3 is 0 Å². The lowest BCUT2D eigenvalue weighted by atomic mass is 10.2. The first-order valence-corrected chi connectivity index (χ1v) is 6.89. The monoisotopic (exact) mass is 273 g/mol. The Morgan fingerprint density at radius 2 is 2.40 bits per heavy atom. The molecule has 2 aromatic rings. The van der Waals surface area contributed by atoms with Crippen molar-refractivity contribution in [3.8, 4) is 0 Å². The zero-order chi connectivity index (χ0) is 13.5. The highest BCUT2D eigenvalue weighted by Gasteiger charge is 2.28. The van der Waals surface area contributed by atoms with Gasteiger partial charge in [0.1, 0.15) is 11.5 Å². The number of nitrogens with zero attached hydrogens (tertiary/aromatic N) is 3. The number of rotatable bonds is 3. The Bertz CT molecular complexity index is 656. The molecule has 0 unspecified atom stereocenters. The van der Waals surface area contributed by atoms with Gasteiger partial charge in [-0.15, -0.1) is 0 Å². The van der Waals surface area contributed by atoms with Crippen molar-refractivity contribution < 1.29 is 9.32 Å². The van der Waals surface area contributed by atoms with E-state index in [4.69, 9.17) is 4.52 Å². The molecule has 1 aliphatic carbocycles. The number of aryl methyl sites for hydroxylation is 1. The van der Waals surface area contributed by atoms with Crippen LogP contribution in [0.25, 0.3) is 0 Å². The summed E-state index contributed by atoms with van der Waals surface area (Å²) in [5.74, 6) is 1.30. The SMILES string of the molecule is O=C(Nc1cnn2c1NCCC2)c1cc(C2CC2)no1. The Morgan fingerprint density at radius 1 is 1.50 bits per heavy atom. The van der Waals surface area contributed by atoms with Gasteiger partial charge in [-0.2, -0.15) is 5.10 Å². The molecule has 1 saturated carbocycles. The van der Waals surface area contributed by atoms with Crippen molar-refractivity contribution in [2.45, 2.75) is 31.7 Å². The van der Waals surface area contributed by atoms with Gasteiger partial charge in [0, 0.05) is 25.1 Å². The molecule has 0 radical (unpaired) electrons. The number of anilines is 2. The Balaban J connectivity index is 1.52. The highest BCUT2D eigenvalue weighted by atomic mass is 16.5. The van der Waals surface area contributed by atoms with Gasteiger partial charge in [0.05, 0.1) is 11.9 Å². The van der Waals surface area contributed by atoms with E-state index in [1.807, 2.05) is 4.68 Å². The fraction of sp³-hybridized carbons (Fsp3) is 0.462. The molecular formula is C13H15N5O2. The second kappa shape index (κ2) is 4.36. The standard InChI is InChI=1S/C13H15N5O2/c19-13(11-6-9(17-20-11)8-2-3-8)16-10-7-15-18-5-1-4-14-12(10)18/h6-8,14H,1-5H2,(H,16,19). The predicted octanol–water partition coefficient (Wildman–Crippen LogP) is 1.82. The molecule has 0 saturated heterocycles. The van der Waals surface area contributed by atoms with Crippen LogP contribution in [0.4, 0.5) is 11.5 Å². The van der Waals surface area contributed by atoms with Crippen LogP contribution in [0.15, 0.2) is 16.8 Å². The fourth-order valence-corrected chi connectivity index (χ4v) is 2.42. The molecule has 104 valence electrons. The highest BCUT2D eigenvalue weighted by Crippen LogP contribution is 2.39. The summed E-state index contributed by atoms with van der Waals surface area (Å²) in [4.78, 5) is 12.1. The molecule has 20 heavy (non-hydrogen) atoms. The van der Waals surface area contributed by atoms with E-state index < -0.39 is 0 Å². The van der Waals surface area contributed by atoms with Crippen molar-refractivity contribution in [2.75, 3.05) is 17.2 Å². The molecule has 1 amide bonds. The topological polar surface area (TPSA) is 85.0 Å². The first kappa shape index (κ1) is 11.5. The van der Waals surface area contributed by atoms with E-state index in [-0.39, 0.29) is 11.7 Å². The molecule has 3 heterocycles. The van der Waals surface area contributed by atoms with Crippen LogP contribution in [-0.2, 0) is 6.54 Å². The van der Waals surface area contributed by atoms with E-state index in [0.717, 1.165) is 43.9 Å². The smallest absolute Gasteiger partial charge is 0.294 e. The minimum Gasteiger partial charge on any atom is -0.368 e. The lowest BCUT2D eigenvalue weighted by molar-refractivity contribution is 0.0988. The summed E-state index contributed by atoms with van der Waals surface area (Å²) in [6, 6.07) is 1.73. The molecular weight excluding hydrogens is 258 g/mol. The maximum atomic E-state index is 12.1. The first-order chi connectivity index (χ1) is 9.81. The largest absolute Gasteiger partial charge is 0.368 e. The predicted molar refractivity (Wildman–Crippen MR) is 71.8 cm³/mol.